The first kappa shape index (κ1) is 13.1. The number of hydrogen-bond acceptors (Lipinski definition) is 2. The fourth-order valence-corrected chi connectivity index (χ4v) is 2.98. The molecule has 1 heterocycles. The Hall–Kier alpha value is 0.0400. The molecule has 4 heteroatoms. The fraction of sp³-hybridized carbons (Fsp3) is 0.909. The second kappa shape index (κ2) is 6.59. The molecule has 0 spiro atoms. The van der Waals surface area contributed by atoms with Crippen LogP contribution in [-0.4, -0.2) is 40.6 Å². The van der Waals surface area contributed by atoms with Crippen LogP contribution in [0.1, 0.15) is 27.2 Å². The molecule has 0 amide bonds. The van der Waals surface area contributed by atoms with Crippen LogP contribution in [0.2, 0.25) is 0 Å². The molecule has 1 aliphatic rings. The third kappa shape index (κ3) is 4.60. The van der Waals surface area contributed by atoms with Crippen molar-refractivity contribution in [1.29, 1.82) is 0 Å². The average molecular weight is 246 g/mol. The number of hydrogen-bond donors (Lipinski definition) is 1. The van der Waals surface area contributed by atoms with Crippen molar-refractivity contribution in [3.63, 3.8) is 0 Å². The van der Waals surface area contributed by atoms with Crippen molar-refractivity contribution in [2.24, 2.45) is 5.92 Å². The number of rotatable bonds is 3. The zero-order chi connectivity index (χ0) is 11.3. The summed E-state index contributed by atoms with van der Waals surface area (Å²) in [5.74, 6) is 1.87. The maximum Gasteiger partial charge on any atom is 0.169 e. The summed E-state index contributed by atoms with van der Waals surface area (Å²) in [6.45, 7) is 9.87. The van der Waals surface area contributed by atoms with Gasteiger partial charge in [0.1, 0.15) is 0 Å². The van der Waals surface area contributed by atoms with Gasteiger partial charge in [0, 0.05) is 30.6 Å². The van der Waals surface area contributed by atoms with Crippen molar-refractivity contribution >= 4 is 29.1 Å². The first-order chi connectivity index (χ1) is 7.13. The zero-order valence-corrected chi connectivity index (χ0v) is 11.6. The van der Waals surface area contributed by atoms with Crippen molar-refractivity contribution in [3.8, 4) is 0 Å². The molecule has 1 aliphatic heterocycles. The molecule has 15 heavy (non-hydrogen) atoms. The van der Waals surface area contributed by atoms with Crippen LogP contribution < -0.4 is 5.32 Å². The monoisotopic (exact) mass is 246 g/mol. The van der Waals surface area contributed by atoms with Crippen LogP contribution >= 0.6 is 24.0 Å². The molecule has 0 aromatic rings. The topological polar surface area (TPSA) is 15.3 Å². The SMILES string of the molecule is CCC1CN(C(=S)NCC(C)C)CCS1. The quantitative estimate of drug-likeness (QED) is 0.769. The molecule has 88 valence electrons. The van der Waals surface area contributed by atoms with E-state index in [2.05, 4.69) is 42.7 Å². The second-order valence-corrected chi connectivity index (χ2v) is 6.22. The van der Waals surface area contributed by atoms with Crippen molar-refractivity contribution in [2.45, 2.75) is 32.4 Å². The Morgan fingerprint density at radius 2 is 2.33 bits per heavy atom. The van der Waals surface area contributed by atoms with E-state index in [1.165, 1.54) is 12.2 Å². The Labute approximate surface area is 103 Å². The maximum atomic E-state index is 5.40. The maximum absolute atomic E-state index is 5.40. The highest BCUT2D eigenvalue weighted by molar-refractivity contribution is 8.00. The van der Waals surface area contributed by atoms with Gasteiger partial charge in [-0.05, 0) is 24.6 Å². The fourth-order valence-electron chi connectivity index (χ4n) is 1.55. The van der Waals surface area contributed by atoms with E-state index in [9.17, 15) is 0 Å². The van der Waals surface area contributed by atoms with Gasteiger partial charge in [-0.2, -0.15) is 11.8 Å². The first-order valence-corrected chi connectivity index (χ1v) is 7.23. The predicted octanol–water partition coefficient (Wildman–Crippen LogP) is 2.34. The highest BCUT2D eigenvalue weighted by Gasteiger charge is 2.20. The number of thioether (sulfide) groups is 1. The standard InChI is InChI=1S/C11H22N2S2/c1-4-10-8-13(5-6-15-10)11(14)12-7-9(2)3/h9-10H,4-8H2,1-3H3,(H,12,14). The third-order valence-electron chi connectivity index (χ3n) is 2.54. The second-order valence-electron chi connectivity index (χ2n) is 4.43. The number of thiocarbonyl (C=S) groups is 1. The average Bonchev–Trinajstić information content (AvgIpc) is 2.26. The molecule has 0 aromatic heterocycles. The summed E-state index contributed by atoms with van der Waals surface area (Å²) in [6, 6.07) is 0. The van der Waals surface area contributed by atoms with Crippen molar-refractivity contribution < 1.29 is 0 Å². The molecule has 0 radical (unpaired) electrons. The van der Waals surface area contributed by atoms with Crippen molar-refractivity contribution in [1.82, 2.24) is 10.2 Å². The normalized spacial score (nSPS) is 21.9. The molecular formula is C11H22N2S2. The van der Waals surface area contributed by atoms with Gasteiger partial charge in [0.2, 0.25) is 0 Å². The van der Waals surface area contributed by atoms with Crippen molar-refractivity contribution in [3.05, 3.63) is 0 Å². The molecule has 1 rings (SSSR count). The molecule has 0 aliphatic carbocycles. The smallest absolute Gasteiger partial charge is 0.169 e. The van der Waals surface area contributed by atoms with Gasteiger partial charge in [-0.3, -0.25) is 0 Å². The Bertz CT molecular complexity index is 207. The Balaban J connectivity index is 2.32. The van der Waals surface area contributed by atoms with Crippen LogP contribution in [0.3, 0.4) is 0 Å². The Morgan fingerprint density at radius 1 is 1.60 bits per heavy atom. The highest BCUT2D eigenvalue weighted by Crippen LogP contribution is 2.20. The van der Waals surface area contributed by atoms with Crippen LogP contribution in [0.15, 0.2) is 0 Å². The van der Waals surface area contributed by atoms with Gasteiger partial charge >= 0.3 is 0 Å². The van der Waals surface area contributed by atoms with Crippen molar-refractivity contribution in [2.75, 3.05) is 25.4 Å². The van der Waals surface area contributed by atoms with Gasteiger partial charge in [0.15, 0.2) is 5.11 Å². The molecule has 1 atom stereocenters. The van der Waals surface area contributed by atoms with E-state index in [0.717, 1.165) is 30.0 Å². The van der Waals surface area contributed by atoms with Crippen LogP contribution in [-0.2, 0) is 0 Å². The minimum atomic E-state index is 0.657. The van der Waals surface area contributed by atoms with E-state index in [1.54, 1.807) is 0 Å². The molecule has 2 nitrogen and oxygen atoms in total. The van der Waals surface area contributed by atoms with E-state index in [0.29, 0.717) is 5.92 Å². The van der Waals surface area contributed by atoms with Crippen LogP contribution in [0.4, 0.5) is 0 Å². The predicted molar refractivity (Wildman–Crippen MR) is 73.5 cm³/mol. The van der Waals surface area contributed by atoms with E-state index in [1.807, 2.05) is 0 Å². The summed E-state index contributed by atoms with van der Waals surface area (Å²) in [5.41, 5.74) is 0. The minimum absolute atomic E-state index is 0.657. The summed E-state index contributed by atoms with van der Waals surface area (Å²) in [6.07, 6.45) is 1.24. The first-order valence-electron chi connectivity index (χ1n) is 5.77. The van der Waals surface area contributed by atoms with Crippen LogP contribution in [0.5, 0.6) is 0 Å². The molecule has 0 aromatic carbocycles. The van der Waals surface area contributed by atoms with Crippen LogP contribution in [0.25, 0.3) is 0 Å². The summed E-state index contributed by atoms with van der Waals surface area (Å²) < 4.78 is 0. The van der Waals surface area contributed by atoms with Gasteiger partial charge in [-0.15, -0.1) is 0 Å². The summed E-state index contributed by atoms with van der Waals surface area (Å²) >= 11 is 7.48. The summed E-state index contributed by atoms with van der Waals surface area (Å²) in [5, 5.41) is 5.05. The van der Waals surface area contributed by atoms with Gasteiger partial charge in [-0.25, -0.2) is 0 Å². The highest BCUT2D eigenvalue weighted by atomic mass is 32.2. The van der Waals surface area contributed by atoms with Gasteiger partial charge < -0.3 is 10.2 Å². The molecule has 1 unspecified atom stereocenters. The van der Waals surface area contributed by atoms with E-state index in [-0.39, 0.29) is 0 Å². The van der Waals surface area contributed by atoms with Gasteiger partial charge in [-0.1, -0.05) is 20.8 Å². The molecular weight excluding hydrogens is 224 g/mol. The van der Waals surface area contributed by atoms with Gasteiger partial charge in [0.05, 0.1) is 0 Å². The summed E-state index contributed by atoms with van der Waals surface area (Å²) in [4.78, 5) is 2.32. The lowest BCUT2D eigenvalue weighted by molar-refractivity contribution is 0.413. The largest absolute Gasteiger partial charge is 0.362 e. The number of nitrogens with zero attached hydrogens (tertiary/aromatic N) is 1. The van der Waals surface area contributed by atoms with Gasteiger partial charge in [0.25, 0.3) is 0 Å². The molecule has 1 fully saturated rings. The zero-order valence-electron chi connectivity index (χ0n) is 9.95. The molecule has 0 bridgehead atoms. The lowest BCUT2D eigenvalue weighted by Crippen LogP contribution is -2.47. The third-order valence-corrected chi connectivity index (χ3v) is 4.32. The Morgan fingerprint density at radius 3 is 2.93 bits per heavy atom. The lowest BCUT2D eigenvalue weighted by atomic mass is 10.2. The van der Waals surface area contributed by atoms with E-state index >= 15 is 0 Å². The molecule has 0 saturated carbocycles. The molecule has 1 N–H and O–H groups in total. The summed E-state index contributed by atoms with van der Waals surface area (Å²) in [7, 11) is 0. The molecule has 1 saturated heterocycles. The van der Waals surface area contributed by atoms with E-state index in [4.69, 9.17) is 12.2 Å². The van der Waals surface area contributed by atoms with E-state index < -0.39 is 0 Å². The number of nitrogens with one attached hydrogen (secondary N) is 1. The minimum Gasteiger partial charge on any atom is -0.362 e. The van der Waals surface area contributed by atoms with Crippen LogP contribution in [0, 0.1) is 5.92 Å². The Kier molecular flexibility index (Phi) is 5.75. The lowest BCUT2D eigenvalue weighted by Gasteiger charge is -2.34.